The van der Waals surface area contributed by atoms with Gasteiger partial charge in [0.25, 0.3) is 0 Å². The van der Waals surface area contributed by atoms with Crippen LogP contribution in [0, 0.1) is 0 Å². The summed E-state index contributed by atoms with van der Waals surface area (Å²) in [7, 11) is 0. The molecule has 1 N–H and O–H groups in total. The number of hydrogen-bond acceptors (Lipinski definition) is 6. The molecular formula is C22H12BrN5S2. The third-order valence-electron chi connectivity index (χ3n) is 4.89. The molecule has 0 aliphatic carbocycles. The number of benzene rings is 2. The van der Waals surface area contributed by atoms with Crippen molar-refractivity contribution in [3.63, 3.8) is 0 Å². The number of aromatic amines is 1. The van der Waals surface area contributed by atoms with E-state index in [1.807, 2.05) is 18.2 Å². The molecule has 6 aromatic rings. The topological polar surface area (TPSA) is 67.3 Å². The lowest BCUT2D eigenvalue weighted by atomic mass is 10.1. The van der Waals surface area contributed by atoms with Crippen LogP contribution < -0.4 is 0 Å². The van der Waals surface area contributed by atoms with Crippen LogP contribution in [-0.2, 0) is 0 Å². The molecule has 4 heterocycles. The second kappa shape index (κ2) is 7.09. The zero-order valence-corrected chi connectivity index (χ0v) is 18.6. The standard InChI is InChI=1S/C22H12BrN5S2/c23-20-10-9-19(30-20)22-27-25-21(26-28-22)18-8-7-17(29-18)12-5-6-16-14(11-12)13-3-1-2-4-15(13)24-16/h1-11,24H. The van der Waals surface area contributed by atoms with Crippen LogP contribution in [0.4, 0.5) is 0 Å². The number of rotatable bonds is 3. The Kier molecular flexibility index (Phi) is 4.22. The van der Waals surface area contributed by atoms with Crippen molar-refractivity contribution in [3.8, 4) is 31.8 Å². The Balaban J connectivity index is 1.35. The molecule has 6 rings (SSSR count). The monoisotopic (exact) mass is 489 g/mol. The first kappa shape index (κ1) is 17.9. The first-order valence-corrected chi connectivity index (χ1v) is 11.6. The van der Waals surface area contributed by atoms with Crippen molar-refractivity contribution in [1.29, 1.82) is 0 Å². The predicted octanol–water partition coefficient (Wildman–Crippen LogP) is 6.79. The van der Waals surface area contributed by atoms with Gasteiger partial charge in [-0.15, -0.1) is 43.1 Å². The van der Waals surface area contributed by atoms with Crippen molar-refractivity contribution in [2.45, 2.75) is 0 Å². The summed E-state index contributed by atoms with van der Waals surface area (Å²) in [5.74, 6) is 1.08. The van der Waals surface area contributed by atoms with Gasteiger partial charge >= 0.3 is 0 Å². The SMILES string of the molecule is Brc1ccc(-c2nnc(-c3ccc(-c4ccc5[nH]c6ccccc6c5c4)s3)nn2)s1. The average Bonchev–Trinajstić information content (AvgIpc) is 3.51. The Hall–Kier alpha value is -2.94. The Morgan fingerprint density at radius 1 is 0.633 bits per heavy atom. The number of para-hydroxylation sites is 1. The van der Waals surface area contributed by atoms with E-state index in [9.17, 15) is 0 Å². The predicted molar refractivity (Wildman–Crippen MR) is 127 cm³/mol. The summed E-state index contributed by atoms with van der Waals surface area (Å²) < 4.78 is 1.03. The Labute approximate surface area is 187 Å². The smallest absolute Gasteiger partial charge is 0.213 e. The molecule has 0 bridgehead atoms. The third kappa shape index (κ3) is 3.04. The molecule has 0 amide bonds. The molecule has 0 radical (unpaired) electrons. The first-order chi connectivity index (χ1) is 14.7. The Bertz CT molecular complexity index is 1510. The fourth-order valence-electron chi connectivity index (χ4n) is 3.48. The number of nitrogens with zero attached hydrogens (tertiary/aromatic N) is 4. The molecule has 0 spiro atoms. The van der Waals surface area contributed by atoms with Crippen molar-refractivity contribution < 1.29 is 0 Å². The van der Waals surface area contributed by atoms with E-state index >= 15 is 0 Å². The summed E-state index contributed by atoms with van der Waals surface area (Å²) in [5.41, 5.74) is 3.47. The normalized spacial score (nSPS) is 11.5. The molecule has 5 nitrogen and oxygen atoms in total. The minimum absolute atomic E-state index is 0.538. The lowest BCUT2D eigenvalue weighted by molar-refractivity contribution is 0.881. The zero-order chi connectivity index (χ0) is 20.1. The quantitative estimate of drug-likeness (QED) is 0.297. The van der Waals surface area contributed by atoms with Crippen LogP contribution in [0.2, 0.25) is 0 Å². The number of halogens is 1. The summed E-state index contributed by atoms with van der Waals surface area (Å²) in [4.78, 5) is 6.52. The maximum Gasteiger partial charge on any atom is 0.213 e. The van der Waals surface area contributed by atoms with E-state index in [4.69, 9.17) is 0 Å². The van der Waals surface area contributed by atoms with Gasteiger partial charge < -0.3 is 4.98 Å². The minimum Gasteiger partial charge on any atom is -0.355 e. The van der Waals surface area contributed by atoms with Gasteiger partial charge in [0, 0.05) is 26.7 Å². The number of H-pyrrole nitrogens is 1. The highest BCUT2D eigenvalue weighted by atomic mass is 79.9. The summed E-state index contributed by atoms with van der Waals surface area (Å²) in [6.07, 6.45) is 0. The van der Waals surface area contributed by atoms with E-state index < -0.39 is 0 Å². The van der Waals surface area contributed by atoms with Gasteiger partial charge in [0.05, 0.1) is 13.5 Å². The molecule has 0 saturated heterocycles. The molecule has 0 saturated carbocycles. The van der Waals surface area contributed by atoms with E-state index in [0.29, 0.717) is 11.6 Å². The van der Waals surface area contributed by atoms with Crippen LogP contribution in [0.5, 0.6) is 0 Å². The third-order valence-corrected chi connectivity index (χ3v) is 7.64. The number of fused-ring (bicyclic) bond motifs is 3. The molecule has 0 fully saturated rings. The summed E-state index contributed by atoms with van der Waals surface area (Å²) in [6.45, 7) is 0. The van der Waals surface area contributed by atoms with E-state index in [-0.39, 0.29) is 0 Å². The van der Waals surface area contributed by atoms with Gasteiger partial charge in [-0.05, 0) is 64.0 Å². The molecule has 30 heavy (non-hydrogen) atoms. The first-order valence-electron chi connectivity index (χ1n) is 9.19. The molecule has 0 aliphatic heterocycles. The summed E-state index contributed by atoms with van der Waals surface area (Å²) >= 11 is 6.65. The van der Waals surface area contributed by atoms with Gasteiger partial charge in [0.1, 0.15) is 0 Å². The van der Waals surface area contributed by atoms with Crippen LogP contribution in [0.1, 0.15) is 0 Å². The fraction of sp³-hybridized carbons (Fsp3) is 0. The van der Waals surface area contributed by atoms with E-state index in [1.54, 1.807) is 22.7 Å². The highest BCUT2D eigenvalue weighted by molar-refractivity contribution is 9.11. The summed E-state index contributed by atoms with van der Waals surface area (Å²) in [6, 6.07) is 22.9. The molecule has 0 atom stereocenters. The van der Waals surface area contributed by atoms with E-state index in [0.717, 1.165) is 29.5 Å². The molecule has 4 aromatic heterocycles. The van der Waals surface area contributed by atoms with Gasteiger partial charge in [-0.25, -0.2) is 0 Å². The van der Waals surface area contributed by atoms with Crippen LogP contribution in [-0.4, -0.2) is 25.4 Å². The van der Waals surface area contributed by atoms with Crippen LogP contribution >= 0.6 is 38.6 Å². The Morgan fingerprint density at radius 2 is 1.30 bits per heavy atom. The van der Waals surface area contributed by atoms with Gasteiger partial charge in [-0.3, -0.25) is 0 Å². The van der Waals surface area contributed by atoms with E-state index in [1.165, 1.54) is 16.3 Å². The second-order valence-electron chi connectivity index (χ2n) is 6.75. The molecule has 144 valence electrons. The maximum atomic E-state index is 4.30. The molecule has 0 unspecified atom stereocenters. The van der Waals surface area contributed by atoms with Crippen molar-refractivity contribution >= 4 is 60.4 Å². The summed E-state index contributed by atoms with van der Waals surface area (Å²) in [5, 5.41) is 19.6. The fourth-order valence-corrected chi connectivity index (χ4v) is 5.71. The largest absolute Gasteiger partial charge is 0.355 e. The van der Waals surface area contributed by atoms with Crippen LogP contribution in [0.3, 0.4) is 0 Å². The highest BCUT2D eigenvalue weighted by Crippen LogP contribution is 2.36. The van der Waals surface area contributed by atoms with Crippen LogP contribution in [0.25, 0.3) is 53.6 Å². The van der Waals surface area contributed by atoms with Crippen molar-refractivity contribution in [2.75, 3.05) is 0 Å². The highest BCUT2D eigenvalue weighted by Gasteiger charge is 2.12. The van der Waals surface area contributed by atoms with Crippen molar-refractivity contribution in [3.05, 3.63) is 70.5 Å². The molecule has 2 aromatic carbocycles. The minimum atomic E-state index is 0.538. The molecule has 8 heteroatoms. The maximum absolute atomic E-state index is 4.30. The van der Waals surface area contributed by atoms with Gasteiger partial charge in [-0.1, -0.05) is 24.3 Å². The second-order valence-corrected chi connectivity index (χ2v) is 10.3. The van der Waals surface area contributed by atoms with Gasteiger partial charge in [0.2, 0.25) is 11.6 Å². The average molecular weight is 490 g/mol. The number of thiophene rings is 2. The lowest BCUT2D eigenvalue weighted by Gasteiger charge is -1.99. The van der Waals surface area contributed by atoms with Crippen molar-refractivity contribution in [1.82, 2.24) is 25.4 Å². The number of aromatic nitrogens is 5. The number of nitrogens with one attached hydrogen (secondary N) is 1. The number of hydrogen-bond donors (Lipinski definition) is 1. The lowest BCUT2D eigenvalue weighted by Crippen LogP contribution is -1.97. The van der Waals surface area contributed by atoms with Gasteiger partial charge in [0.15, 0.2) is 0 Å². The van der Waals surface area contributed by atoms with E-state index in [2.05, 4.69) is 89.8 Å². The molecular weight excluding hydrogens is 478 g/mol. The van der Waals surface area contributed by atoms with Gasteiger partial charge in [-0.2, -0.15) is 0 Å². The zero-order valence-electron chi connectivity index (χ0n) is 15.3. The van der Waals surface area contributed by atoms with Crippen LogP contribution in [0.15, 0.2) is 70.5 Å². The molecule has 0 aliphatic rings. The Morgan fingerprint density at radius 3 is 2.07 bits per heavy atom. The van der Waals surface area contributed by atoms with Crippen molar-refractivity contribution in [2.24, 2.45) is 0 Å².